The van der Waals surface area contributed by atoms with Crippen LogP contribution in [0.15, 0.2) is 6.07 Å². The Morgan fingerprint density at radius 1 is 1.79 bits per heavy atom. The van der Waals surface area contributed by atoms with E-state index in [4.69, 9.17) is 6.42 Å². The third-order valence-electron chi connectivity index (χ3n) is 2.00. The third-order valence-corrected chi connectivity index (χ3v) is 2.00. The average Bonchev–Trinajstić information content (AvgIpc) is 2.58. The Morgan fingerprint density at radius 3 is 2.93 bits per heavy atom. The van der Waals surface area contributed by atoms with E-state index in [9.17, 15) is 4.79 Å². The number of nitrogens with zero attached hydrogens (tertiary/aromatic N) is 2. The van der Waals surface area contributed by atoms with Gasteiger partial charge in [0.05, 0.1) is 18.7 Å². The van der Waals surface area contributed by atoms with E-state index in [1.807, 2.05) is 6.92 Å². The highest BCUT2D eigenvalue weighted by atomic mass is 16.5. The van der Waals surface area contributed by atoms with Gasteiger partial charge in [0, 0.05) is 7.05 Å². The number of rotatable bonds is 2. The van der Waals surface area contributed by atoms with Gasteiger partial charge in [-0.15, -0.1) is 6.42 Å². The summed E-state index contributed by atoms with van der Waals surface area (Å²) in [5, 5.41) is 4.00. The zero-order valence-corrected chi connectivity index (χ0v) is 8.44. The summed E-state index contributed by atoms with van der Waals surface area (Å²) < 4.78 is 6.15. The number of aromatic nitrogens is 2. The van der Waals surface area contributed by atoms with Gasteiger partial charge < -0.3 is 4.74 Å². The van der Waals surface area contributed by atoms with Crippen LogP contribution in [-0.4, -0.2) is 22.9 Å². The van der Waals surface area contributed by atoms with E-state index in [2.05, 4.69) is 15.8 Å². The lowest BCUT2D eigenvalue weighted by molar-refractivity contribution is 0.0593. The second kappa shape index (κ2) is 3.97. The Hall–Kier alpha value is -1.76. The van der Waals surface area contributed by atoms with E-state index in [-0.39, 0.29) is 11.6 Å². The van der Waals surface area contributed by atoms with Crippen LogP contribution >= 0.6 is 0 Å². The summed E-state index contributed by atoms with van der Waals surface area (Å²) in [7, 11) is 3.07. The van der Waals surface area contributed by atoms with Gasteiger partial charge >= 0.3 is 5.97 Å². The molecule has 4 nitrogen and oxygen atoms in total. The van der Waals surface area contributed by atoms with Crippen LogP contribution in [-0.2, 0) is 11.8 Å². The fraction of sp³-hybridized carbons (Fsp3) is 0.400. The van der Waals surface area contributed by atoms with Crippen LogP contribution < -0.4 is 0 Å². The molecule has 0 saturated carbocycles. The molecule has 1 unspecified atom stereocenters. The minimum atomic E-state index is -0.448. The Morgan fingerprint density at radius 2 is 2.43 bits per heavy atom. The lowest BCUT2D eigenvalue weighted by atomic mass is 10.1. The monoisotopic (exact) mass is 192 g/mol. The van der Waals surface area contributed by atoms with Gasteiger partial charge in [-0.3, -0.25) is 4.68 Å². The summed E-state index contributed by atoms with van der Waals surface area (Å²) in [6.07, 6.45) is 5.28. The van der Waals surface area contributed by atoms with Crippen LogP contribution in [0, 0.1) is 12.3 Å². The van der Waals surface area contributed by atoms with E-state index >= 15 is 0 Å². The molecule has 0 aliphatic carbocycles. The zero-order chi connectivity index (χ0) is 10.7. The van der Waals surface area contributed by atoms with Crippen molar-refractivity contribution < 1.29 is 9.53 Å². The molecule has 1 rings (SSSR count). The Bertz CT molecular complexity index is 387. The minimum absolute atomic E-state index is 0.0640. The van der Waals surface area contributed by atoms with E-state index < -0.39 is 5.97 Å². The van der Waals surface area contributed by atoms with Crippen LogP contribution in [0.25, 0.3) is 0 Å². The first-order chi connectivity index (χ1) is 6.60. The zero-order valence-electron chi connectivity index (χ0n) is 8.44. The van der Waals surface area contributed by atoms with Gasteiger partial charge in [-0.1, -0.05) is 5.92 Å². The molecule has 1 aromatic heterocycles. The molecule has 0 N–H and O–H groups in total. The Balaban J connectivity index is 3.06. The molecule has 0 fully saturated rings. The summed E-state index contributed by atoms with van der Waals surface area (Å²) in [5.74, 6) is 2.07. The molecule has 1 atom stereocenters. The molecule has 4 heteroatoms. The second-order valence-corrected chi connectivity index (χ2v) is 2.96. The first kappa shape index (κ1) is 10.3. The van der Waals surface area contributed by atoms with Gasteiger partial charge in [-0.05, 0) is 13.0 Å². The number of terminal acetylenes is 1. The van der Waals surface area contributed by atoms with Crippen molar-refractivity contribution in [3.63, 3.8) is 0 Å². The molecule has 14 heavy (non-hydrogen) atoms. The molecular formula is C10H12N2O2. The van der Waals surface area contributed by atoms with Gasteiger partial charge in [0.25, 0.3) is 0 Å². The lowest BCUT2D eigenvalue weighted by Gasteiger charge is -2.02. The molecule has 1 aromatic rings. The van der Waals surface area contributed by atoms with E-state index in [1.54, 1.807) is 17.8 Å². The minimum Gasteiger partial charge on any atom is -0.464 e. The molecule has 0 aliphatic rings. The van der Waals surface area contributed by atoms with Gasteiger partial charge in [0.15, 0.2) is 5.69 Å². The number of carbonyl (C=O) groups is 1. The maximum Gasteiger partial charge on any atom is 0.358 e. The lowest BCUT2D eigenvalue weighted by Crippen LogP contribution is -2.03. The summed E-state index contributed by atoms with van der Waals surface area (Å²) in [6.45, 7) is 1.87. The van der Waals surface area contributed by atoms with Gasteiger partial charge in [-0.25, -0.2) is 4.79 Å². The van der Waals surface area contributed by atoms with Crippen molar-refractivity contribution in [1.29, 1.82) is 0 Å². The molecule has 0 spiro atoms. The second-order valence-electron chi connectivity index (χ2n) is 2.96. The van der Waals surface area contributed by atoms with E-state index in [0.717, 1.165) is 5.69 Å². The molecule has 0 aliphatic heterocycles. The molecule has 0 saturated heterocycles. The molecule has 0 bridgehead atoms. The summed E-state index contributed by atoms with van der Waals surface area (Å²) in [6, 6.07) is 1.65. The maximum absolute atomic E-state index is 11.1. The van der Waals surface area contributed by atoms with E-state index in [1.165, 1.54) is 7.11 Å². The topological polar surface area (TPSA) is 44.1 Å². The van der Waals surface area contributed by atoms with Gasteiger partial charge in [-0.2, -0.15) is 5.10 Å². The van der Waals surface area contributed by atoms with Crippen molar-refractivity contribution in [1.82, 2.24) is 9.78 Å². The van der Waals surface area contributed by atoms with Gasteiger partial charge in [0.1, 0.15) is 0 Å². The van der Waals surface area contributed by atoms with Crippen LogP contribution in [0.2, 0.25) is 0 Å². The largest absolute Gasteiger partial charge is 0.464 e. The van der Waals surface area contributed by atoms with Crippen molar-refractivity contribution in [2.75, 3.05) is 7.11 Å². The predicted molar refractivity (Wildman–Crippen MR) is 51.8 cm³/mol. The summed E-state index contributed by atoms with van der Waals surface area (Å²) in [4.78, 5) is 11.1. The number of ether oxygens (including phenoxy) is 1. The number of aryl methyl sites for hydroxylation is 1. The fourth-order valence-corrected chi connectivity index (χ4v) is 1.18. The molecule has 0 radical (unpaired) electrons. The first-order valence-electron chi connectivity index (χ1n) is 4.18. The fourth-order valence-electron chi connectivity index (χ4n) is 1.18. The average molecular weight is 192 g/mol. The highest BCUT2D eigenvalue weighted by Gasteiger charge is 2.15. The van der Waals surface area contributed by atoms with Crippen molar-refractivity contribution in [3.8, 4) is 12.3 Å². The number of hydrogen-bond donors (Lipinski definition) is 0. The van der Waals surface area contributed by atoms with Crippen molar-refractivity contribution in [2.45, 2.75) is 12.8 Å². The molecular weight excluding hydrogens is 180 g/mol. The highest BCUT2D eigenvalue weighted by Crippen LogP contribution is 2.14. The highest BCUT2D eigenvalue weighted by molar-refractivity contribution is 5.87. The number of hydrogen-bond acceptors (Lipinski definition) is 3. The van der Waals surface area contributed by atoms with E-state index in [0.29, 0.717) is 0 Å². The SMILES string of the molecule is C#CC(C)c1cc(C(=O)OC)nn1C. The quantitative estimate of drug-likeness (QED) is 0.517. The van der Waals surface area contributed by atoms with Crippen molar-refractivity contribution in [3.05, 3.63) is 17.5 Å². The van der Waals surface area contributed by atoms with Crippen LogP contribution in [0.1, 0.15) is 29.0 Å². The third kappa shape index (κ3) is 1.77. The first-order valence-corrected chi connectivity index (χ1v) is 4.18. The smallest absolute Gasteiger partial charge is 0.358 e. The molecule has 74 valence electrons. The van der Waals surface area contributed by atoms with Crippen LogP contribution in [0.3, 0.4) is 0 Å². The summed E-state index contributed by atoms with van der Waals surface area (Å²) in [5.41, 5.74) is 1.11. The maximum atomic E-state index is 11.1. The molecule has 0 amide bonds. The number of esters is 1. The normalized spacial score (nSPS) is 11.9. The van der Waals surface area contributed by atoms with Crippen molar-refractivity contribution in [2.24, 2.45) is 7.05 Å². The Labute approximate surface area is 82.9 Å². The standard InChI is InChI=1S/C10H12N2O2/c1-5-7(2)9-6-8(10(13)14-4)11-12(9)3/h1,6-7H,2-4H3. The number of methoxy groups -OCH3 is 1. The number of carbonyl (C=O) groups excluding carboxylic acids is 1. The van der Waals surface area contributed by atoms with Crippen molar-refractivity contribution >= 4 is 5.97 Å². The summed E-state index contributed by atoms with van der Waals surface area (Å²) >= 11 is 0. The molecule has 0 aromatic carbocycles. The predicted octanol–water partition coefficient (Wildman–Crippen LogP) is 0.943. The Kier molecular flexibility index (Phi) is 2.92. The molecule has 1 heterocycles. The van der Waals surface area contributed by atoms with Crippen LogP contribution in [0.4, 0.5) is 0 Å². The van der Waals surface area contributed by atoms with Crippen LogP contribution in [0.5, 0.6) is 0 Å². The van der Waals surface area contributed by atoms with Gasteiger partial charge in [0.2, 0.25) is 0 Å².